The molecule has 25 heavy (non-hydrogen) atoms. The van der Waals surface area contributed by atoms with Gasteiger partial charge in [-0.05, 0) is 42.5 Å². The van der Waals surface area contributed by atoms with Crippen LogP contribution in [0.3, 0.4) is 0 Å². The Labute approximate surface area is 149 Å². The number of nitrogens with one attached hydrogen (secondary N) is 1. The van der Waals surface area contributed by atoms with E-state index in [1.54, 1.807) is 14.2 Å². The molecule has 0 amide bonds. The highest BCUT2D eigenvalue weighted by Gasteiger charge is 2.47. The Morgan fingerprint density at radius 2 is 1.68 bits per heavy atom. The summed E-state index contributed by atoms with van der Waals surface area (Å²) in [5, 5.41) is 0. The minimum atomic E-state index is -3.38. The molecule has 0 spiro atoms. The summed E-state index contributed by atoms with van der Waals surface area (Å²) in [5.41, 5.74) is 1.41. The summed E-state index contributed by atoms with van der Waals surface area (Å²) >= 11 is 0. The van der Waals surface area contributed by atoms with Crippen LogP contribution >= 0.6 is 0 Å². The van der Waals surface area contributed by atoms with Gasteiger partial charge in [-0.15, -0.1) is 0 Å². The molecule has 0 aliphatic heterocycles. The Hall–Kier alpha value is -2.05. The number of methoxy groups -OCH3 is 2. The normalized spacial score (nSPS) is 15.6. The molecule has 134 valence electrons. The summed E-state index contributed by atoms with van der Waals surface area (Å²) in [6.45, 7) is 0. The van der Waals surface area contributed by atoms with Crippen molar-refractivity contribution in [1.82, 2.24) is 4.72 Å². The van der Waals surface area contributed by atoms with Crippen molar-refractivity contribution >= 4 is 10.0 Å². The molecule has 1 saturated carbocycles. The van der Waals surface area contributed by atoms with E-state index in [-0.39, 0.29) is 5.75 Å². The van der Waals surface area contributed by atoms with Gasteiger partial charge in [0.25, 0.3) is 0 Å². The van der Waals surface area contributed by atoms with Crippen LogP contribution in [0.25, 0.3) is 0 Å². The Bertz CT molecular complexity index is 830. The van der Waals surface area contributed by atoms with Crippen molar-refractivity contribution in [1.29, 1.82) is 0 Å². The van der Waals surface area contributed by atoms with Crippen molar-refractivity contribution < 1.29 is 17.9 Å². The monoisotopic (exact) mass is 361 g/mol. The minimum absolute atomic E-state index is 0.0754. The molecule has 0 atom stereocenters. The molecule has 0 aromatic heterocycles. The van der Waals surface area contributed by atoms with Gasteiger partial charge in [0.05, 0.1) is 25.5 Å². The van der Waals surface area contributed by atoms with Crippen LogP contribution in [-0.2, 0) is 22.0 Å². The highest BCUT2D eigenvalue weighted by Crippen LogP contribution is 2.48. The van der Waals surface area contributed by atoms with Gasteiger partial charge in [0, 0.05) is 0 Å². The molecule has 0 radical (unpaired) electrons. The molecule has 6 heteroatoms. The number of benzene rings is 2. The summed E-state index contributed by atoms with van der Waals surface area (Å²) < 4.78 is 38.6. The van der Waals surface area contributed by atoms with E-state index in [2.05, 4.69) is 4.72 Å². The third-order valence-corrected chi connectivity index (χ3v) is 5.98. The third-order valence-electron chi connectivity index (χ3n) is 4.54. The van der Waals surface area contributed by atoms with Crippen molar-refractivity contribution in [3.63, 3.8) is 0 Å². The minimum Gasteiger partial charge on any atom is -0.493 e. The molecule has 0 saturated heterocycles. The highest BCUT2D eigenvalue weighted by atomic mass is 32.2. The van der Waals surface area contributed by atoms with Crippen LogP contribution in [0.5, 0.6) is 11.5 Å². The van der Waals surface area contributed by atoms with Crippen molar-refractivity contribution in [3.8, 4) is 11.5 Å². The van der Waals surface area contributed by atoms with E-state index in [1.165, 1.54) is 0 Å². The SMILES string of the molecule is COc1ccc(C2(NS(=O)(=O)CCc3ccccc3)CC2)cc1OC. The van der Waals surface area contributed by atoms with E-state index >= 15 is 0 Å². The van der Waals surface area contributed by atoms with E-state index in [0.29, 0.717) is 17.9 Å². The molecule has 1 N–H and O–H groups in total. The first-order valence-corrected chi connectivity index (χ1v) is 9.91. The van der Waals surface area contributed by atoms with Gasteiger partial charge in [-0.2, -0.15) is 0 Å². The molecule has 0 unspecified atom stereocenters. The Kier molecular flexibility index (Phi) is 5.01. The van der Waals surface area contributed by atoms with Crippen LogP contribution in [0.2, 0.25) is 0 Å². The van der Waals surface area contributed by atoms with Crippen molar-refractivity contribution in [3.05, 3.63) is 59.7 Å². The van der Waals surface area contributed by atoms with Crippen LogP contribution in [0.4, 0.5) is 0 Å². The first kappa shape index (κ1) is 17.8. The molecule has 1 aliphatic rings. The molecule has 0 bridgehead atoms. The average Bonchev–Trinajstić information content (AvgIpc) is 3.40. The van der Waals surface area contributed by atoms with Crippen LogP contribution in [0, 0.1) is 0 Å². The van der Waals surface area contributed by atoms with Crippen LogP contribution in [0.1, 0.15) is 24.0 Å². The molecular weight excluding hydrogens is 338 g/mol. The fourth-order valence-corrected chi connectivity index (χ4v) is 4.48. The molecule has 2 aromatic rings. The van der Waals surface area contributed by atoms with Gasteiger partial charge in [-0.25, -0.2) is 13.1 Å². The van der Waals surface area contributed by atoms with E-state index in [4.69, 9.17) is 9.47 Å². The third kappa shape index (κ3) is 4.14. The molecule has 1 aliphatic carbocycles. The molecule has 2 aromatic carbocycles. The zero-order chi connectivity index (χ0) is 17.9. The lowest BCUT2D eigenvalue weighted by Gasteiger charge is -2.19. The van der Waals surface area contributed by atoms with Crippen molar-refractivity contribution in [2.45, 2.75) is 24.8 Å². The molecular formula is C19H23NO4S. The Morgan fingerprint density at radius 3 is 2.28 bits per heavy atom. The van der Waals surface area contributed by atoms with Gasteiger partial charge in [0.2, 0.25) is 10.0 Å². The van der Waals surface area contributed by atoms with Crippen molar-refractivity contribution in [2.75, 3.05) is 20.0 Å². The number of sulfonamides is 1. The maximum absolute atomic E-state index is 12.5. The zero-order valence-electron chi connectivity index (χ0n) is 14.5. The summed E-state index contributed by atoms with van der Waals surface area (Å²) in [4.78, 5) is 0. The quantitative estimate of drug-likeness (QED) is 0.785. The molecule has 0 heterocycles. The van der Waals surface area contributed by atoms with E-state index in [1.807, 2.05) is 48.5 Å². The topological polar surface area (TPSA) is 64.6 Å². The lowest BCUT2D eigenvalue weighted by atomic mass is 10.1. The van der Waals surface area contributed by atoms with Gasteiger partial charge in [-0.1, -0.05) is 36.4 Å². The largest absolute Gasteiger partial charge is 0.493 e. The summed E-state index contributed by atoms with van der Waals surface area (Å²) in [6, 6.07) is 15.2. The Balaban J connectivity index is 1.73. The molecule has 3 rings (SSSR count). The lowest BCUT2D eigenvalue weighted by Crippen LogP contribution is -2.36. The zero-order valence-corrected chi connectivity index (χ0v) is 15.3. The van der Waals surface area contributed by atoms with Crippen LogP contribution in [-0.4, -0.2) is 28.4 Å². The highest BCUT2D eigenvalue weighted by molar-refractivity contribution is 7.89. The second-order valence-electron chi connectivity index (χ2n) is 6.31. The Morgan fingerprint density at radius 1 is 1.00 bits per heavy atom. The maximum atomic E-state index is 12.5. The second-order valence-corrected chi connectivity index (χ2v) is 8.15. The summed E-state index contributed by atoms with van der Waals surface area (Å²) in [5.74, 6) is 1.32. The first-order chi connectivity index (χ1) is 12.0. The van der Waals surface area contributed by atoms with E-state index < -0.39 is 15.6 Å². The molecule has 5 nitrogen and oxygen atoms in total. The van der Waals surface area contributed by atoms with Gasteiger partial charge in [-0.3, -0.25) is 0 Å². The van der Waals surface area contributed by atoms with Crippen LogP contribution in [0.15, 0.2) is 48.5 Å². The van der Waals surface area contributed by atoms with Crippen molar-refractivity contribution in [2.24, 2.45) is 0 Å². The van der Waals surface area contributed by atoms with Crippen LogP contribution < -0.4 is 14.2 Å². The van der Waals surface area contributed by atoms with Gasteiger partial charge in [0.1, 0.15) is 0 Å². The number of hydrogen-bond donors (Lipinski definition) is 1. The van der Waals surface area contributed by atoms with Gasteiger partial charge >= 0.3 is 0 Å². The number of ether oxygens (including phenoxy) is 2. The lowest BCUT2D eigenvalue weighted by molar-refractivity contribution is 0.354. The van der Waals surface area contributed by atoms with Gasteiger partial charge < -0.3 is 9.47 Å². The van der Waals surface area contributed by atoms with E-state index in [9.17, 15) is 8.42 Å². The van der Waals surface area contributed by atoms with Gasteiger partial charge in [0.15, 0.2) is 11.5 Å². The average molecular weight is 361 g/mol. The predicted molar refractivity (Wildman–Crippen MR) is 97.5 cm³/mol. The first-order valence-electron chi connectivity index (χ1n) is 8.26. The number of hydrogen-bond acceptors (Lipinski definition) is 4. The van der Waals surface area contributed by atoms with E-state index in [0.717, 1.165) is 24.0 Å². The smallest absolute Gasteiger partial charge is 0.212 e. The summed E-state index contributed by atoms with van der Waals surface area (Å²) in [6.07, 6.45) is 2.07. The predicted octanol–water partition coefficient (Wildman–Crippen LogP) is 2.86. The second kappa shape index (κ2) is 7.06. The summed E-state index contributed by atoms with van der Waals surface area (Å²) in [7, 11) is -0.226. The maximum Gasteiger partial charge on any atom is 0.212 e. The standard InChI is InChI=1S/C19H23NO4S/c1-23-17-9-8-16(14-18(17)24-2)19(11-12-19)20-25(21,22)13-10-15-6-4-3-5-7-15/h3-9,14,20H,10-13H2,1-2H3. The molecule has 1 fully saturated rings. The number of aryl methyl sites for hydroxylation is 1. The fourth-order valence-electron chi connectivity index (χ4n) is 2.95. The number of rotatable bonds is 8. The fraction of sp³-hybridized carbons (Fsp3) is 0.368.